The molecule has 0 radical (unpaired) electrons. The summed E-state index contributed by atoms with van der Waals surface area (Å²) >= 11 is 0. The minimum absolute atomic E-state index is 1.08. The second-order valence-electron chi connectivity index (χ2n) is 8.62. The van der Waals surface area contributed by atoms with Gasteiger partial charge in [-0.3, -0.25) is 0 Å². The fourth-order valence-corrected chi connectivity index (χ4v) is 4.82. The first kappa shape index (κ1) is 22.6. The van der Waals surface area contributed by atoms with Crippen LogP contribution in [0.1, 0.15) is 43.4 Å². The number of allylic oxidation sites excluding steroid dienone is 13. The molecular weight excluding hydrogens is 398 g/mol. The van der Waals surface area contributed by atoms with E-state index in [9.17, 15) is 0 Å². The first-order valence-electron chi connectivity index (χ1n) is 11.8. The fourth-order valence-electron chi connectivity index (χ4n) is 4.82. The molecule has 2 aromatic carbocycles. The molecule has 4 rings (SSSR count). The Morgan fingerprint density at radius 2 is 1.88 bits per heavy atom. The van der Waals surface area contributed by atoms with Crippen LogP contribution in [0.25, 0.3) is 33.0 Å². The summed E-state index contributed by atoms with van der Waals surface area (Å²) in [6.45, 7) is 10.2. The maximum Gasteiger partial charge on any atom is 0.0497 e. The van der Waals surface area contributed by atoms with Crippen molar-refractivity contribution < 1.29 is 0 Å². The van der Waals surface area contributed by atoms with Gasteiger partial charge in [0.15, 0.2) is 0 Å². The third-order valence-corrected chi connectivity index (χ3v) is 6.33. The SMILES string of the molecule is C=C/C=C(\C=C/C)c1cc(C)cc2c1c1ccc(C3=C(/C=C\C=C/C)CCC=C3)cc1n2C. The second-order valence-corrected chi connectivity index (χ2v) is 8.62. The van der Waals surface area contributed by atoms with Gasteiger partial charge in [-0.1, -0.05) is 85.5 Å². The number of benzene rings is 2. The van der Waals surface area contributed by atoms with Gasteiger partial charge in [-0.05, 0) is 79.2 Å². The maximum absolute atomic E-state index is 3.94. The Bertz CT molecular complexity index is 1390. The summed E-state index contributed by atoms with van der Waals surface area (Å²) in [6.07, 6.45) is 23.6. The number of rotatable bonds is 6. The first-order chi connectivity index (χ1) is 16.1. The molecule has 0 bridgehead atoms. The lowest BCUT2D eigenvalue weighted by Gasteiger charge is -2.14. The molecule has 0 atom stereocenters. The number of fused-ring (bicyclic) bond motifs is 3. The number of hydrogen-bond donors (Lipinski definition) is 0. The molecule has 1 heterocycles. The Morgan fingerprint density at radius 1 is 1.03 bits per heavy atom. The van der Waals surface area contributed by atoms with Gasteiger partial charge in [0.2, 0.25) is 0 Å². The molecule has 1 heteroatoms. The van der Waals surface area contributed by atoms with Gasteiger partial charge in [0.1, 0.15) is 0 Å². The van der Waals surface area contributed by atoms with Crippen LogP contribution in [0.4, 0.5) is 0 Å². The van der Waals surface area contributed by atoms with Gasteiger partial charge in [0.05, 0.1) is 0 Å². The van der Waals surface area contributed by atoms with Gasteiger partial charge < -0.3 is 4.57 Å². The van der Waals surface area contributed by atoms with Crippen molar-refractivity contribution in [3.8, 4) is 0 Å². The van der Waals surface area contributed by atoms with E-state index in [2.05, 4.69) is 124 Å². The lowest BCUT2D eigenvalue weighted by Crippen LogP contribution is -1.94. The average molecular weight is 432 g/mol. The lowest BCUT2D eigenvalue weighted by molar-refractivity contribution is 0.995. The van der Waals surface area contributed by atoms with Crippen LogP contribution in [0, 0.1) is 6.92 Å². The van der Waals surface area contributed by atoms with Crippen molar-refractivity contribution >= 4 is 33.0 Å². The summed E-state index contributed by atoms with van der Waals surface area (Å²) in [7, 11) is 2.18. The molecule has 0 amide bonds. The molecule has 1 aromatic heterocycles. The minimum atomic E-state index is 1.08. The molecule has 166 valence electrons. The van der Waals surface area contributed by atoms with E-state index < -0.39 is 0 Å². The van der Waals surface area contributed by atoms with Crippen LogP contribution >= 0.6 is 0 Å². The van der Waals surface area contributed by atoms with Crippen LogP contribution in [0.2, 0.25) is 0 Å². The van der Waals surface area contributed by atoms with E-state index in [1.165, 1.54) is 55.2 Å². The normalized spacial score (nSPS) is 15.3. The molecule has 0 saturated carbocycles. The van der Waals surface area contributed by atoms with Crippen LogP contribution in [0.3, 0.4) is 0 Å². The Labute approximate surface area is 198 Å². The Kier molecular flexibility index (Phi) is 6.79. The summed E-state index contributed by atoms with van der Waals surface area (Å²) in [6, 6.07) is 11.5. The Morgan fingerprint density at radius 3 is 2.64 bits per heavy atom. The van der Waals surface area contributed by atoms with Gasteiger partial charge in [0, 0.05) is 28.9 Å². The second kappa shape index (κ2) is 9.92. The summed E-state index contributed by atoms with van der Waals surface area (Å²) in [5.41, 5.74) is 10.2. The average Bonchev–Trinajstić information content (AvgIpc) is 3.10. The van der Waals surface area contributed by atoms with E-state index in [4.69, 9.17) is 0 Å². The monoisotopic (exact) mass is 431 g/mol. The zero-order valence-corrected chi connectivity index (χ0v) is 20.2. The van der Waals surface area contributed by atoms with E-state index in [-0.39, 0.29) is 0 Å². The highest BCUT2D eigenvalue weighted by molar-refractivity contribution is 6.14. The fraction of sp³-hybridized carbons (Fsp3) is 0.188. The molecule has 0 unspecified atom stereocenters. The Balaban J connectivity index is 1.98. The zero-order chi connectivity index (χ0) is 23.4. The highest BCUT2D eigenvalue weighted by atomic mass is 14.9. The Hall–Kier alpha value is -3.58. The van der Waals surface area contributed by atoms with Crippen molar-refractivity contribution in [1.82, 2.24) is 4.57 Å². The van der Waals surface area contributed by atoms with Gasteiger partial charge in [-0.25, -0.2) is 0 Å². The third kappa shape index (κ3) is 4.36. The van der Waals surface area contributed by atoms with Crippen molar-refractivity contribution in [2.45, 2.75) is 33.6 Å². The topological polar surface area (TPSA) is 4.93 Å². The quantitative estimate of drug-likeness (QED) is 0.343. The molecular formula is C32H33N. The molecule has 1 aliphatic rings. The molecule has 0 saturated heterocycles. The van der Waals surface area contributed by atoms with Gasteiger partial charge >= 0.3 is 0 Å². The summed E-state index contributed by atoms with van der Waals surface area (Å²) in [4.78, 5) is 0. The highest BCUT2D eigenvalue weighted by Gasteiger charge is 2.16. The van der Waals surface area contributed by atoms with Crippen molar-refractivity contribution in [3.05, 3.63) is 120 Å². The zero-order valence-electron chi connectivity index (χ0n) is 20.2. The molecule has 1 nitrogen and oxygen atoms in total. The van der Waals surface area contributed by atoms with Crippen LogP contribution in [-0.2, 0) is 7.05 Å². The predicted molar refractivity (Wildman–Crippen MR) is 147 cm³/mol. The highest BCUT2D eigenvalue weighted by Crippen LogP contribution is 2.38. The van der Waals surface area contributed by atoms with Crippen LogP contribution in [-0.4, -0.2) is 4.57 Å². The number of aromatic nitrogens is 1. The number of nitrogens with zero attached hydrogens (tertiary/aromatic N) is 1. The first-order valence-corrected chi connectivity index (χ1v) is 11.8. The van der Waals surface area contributed by atoms with E-state index in [1.807, 2.05) is 6.08 Å². The smallest absolute Gasteiger partial charge is 0.0497 e. The molecule has 33 heavy (non-hydrogen) atoms. The van der Waals surface area contributed by atoms with Gasteiger partial charge in [-0.2, -0.15) is 0 Å². The van der Waals surface area contributed by atoms with Crippen molar-refractivity contribution in [2.75, 3.05) is 0 Å². The molecule has 3 aromatic rings. The van der Waals surface area contributed by atoms with Gasteiger partial charge in [-0.15, -0.1) is 0 Å². The van der Waals surface area contributed by atoms with Crippen LogP contribution in [0.5, 0.6) is 0 Å². The van der Waals surface area contributed by atoms with Gasteiger partial charge in [0.25, 0.3) is 0 Å². The minimum Gasteiger partial charge on any atom is -0.344 e. The lowest BCUT2D eigenvalue weighted by atomic mass is 9.91. The predicted octanol–water partition coefficient (Wildman–Crippen LogP) is 9.02. The summed E-state index contributed by atoms with van der Waals surface area (Å²) < 4.78 is 2.34. The van der Waals surface area contributed by atoms with Crippen LogP contribution < -0.4 is 0 Å². The molecule has 1 aliphatic carbocycles. The van der Waals surface area contributed by atoms with E-state index in [0.29, 0.717) is 0 Å². The van der Waals surface area contributed by atoms with E-state index in [0.717, 1.165) is 12.8 Å². The van der Waals surface area contributed by atoms with Crippen LogP contribution in [0.15, 0.2) is 103 Å². The molecule has 0 fully saturated rings. The molecule has 0 aliphatic heterocycles. The van der Waals surface area contributed by atoms with E-state index in [1.54, 1.807) is 0 Å². The molecule has 0 spiro atoms. The largest absolute Gasteiger partial charge is 0.344 e. The summed E-state index contributed by atoms with van der Waals surface area (Å²) in [5, 5.41) is 2.59. The summed E-state index contributed by atoms with van der Waals surface area (Å²) in [5.74, 6) is 0. The van der Waals surface area contributed by atoms with Crippen molar-refractivity contribution in [3.63, 3.8) is 0 Å². The maximum atomic E-state index is 3.94. The standard InChI is InChI=1S/C32H33N/c1-6-9-10-15-25-16-11-12-17-27(25)26-18-19-28-30(22-26)33(5)31-21-23(4)20-29(32(28)31)24(13-7-2)14-8-3/h6-10,12-15,17-22H,2,11,16H2,1,3-5H3/b9-6-,14-8-,15-10-,24-13+. The van der Waals surface area contributed by atoms with Crippen molar-refractivity contribution in [1.29, 1.82) is 0 Å². The third-order valence-electron chi connectivity index (χ3n) is 6.33. The number of hydrogen-bond acceptors (Lipinski definition) is 0. The molecule has 0 N–H and O–H groups in total. The van der Waals surface area contributed by atoms with E-state index >= 15 is 0 Å². The number of aryl methyl sites for hydroxylation is 2. The van der Waals surface area contributed by atoms with Crippen molar-refractivity contribution in [2.24, 2.45) is 7.05 Å².